The number of benzene rings is 3. The van der Waals surface area contributed by atoms with E-state index in [0.717, 1.165) is 35.6 Å². The van der Waals surface area contributed by atoms with Gasteiger partial charge in [-0.15, -0.1) is 0 Å². The number of carbonyl (C=O) groups is 2. The van der Waals surface area contributed by atoms with Crippen molar-refractivity contribution in [2.24, 2.45) is 0 Å². The van der Waals surface area contributed by atoms with Crippen LogP contribution in [-0.4, -0.2) is 43.8 Å². The molecule has 0 aromatic heterocycles. The zero-order chi connectivity index (χ0) is 28.0. The van der Waals surface area contributed by atoms with Crippen LogP contribution in [0, 0.1) is 0 Å². The van der Waals surface area contributed by atoms with E-state index in [1.165, 1.54) is 29.2 Å². The van der Waals surface area contributed by atoms with Crippen molar-refractivity contribution in [1.29, 1.82) is 0 Å². The smallest absolute Gasteiger partial charge is 0.264 e. The number of rotatable bonds is 10. The minimum absolute atomic E-state index is 0.00281. The fourth-order valence-electron chi connectivity index (χ4n) is 4.66. The number of para-hydroxylation sites is 1. The molecule has 7 nitrogen and oxygen atoms in total. The highest BCUT2D eigenvalue weighted by Crippen LogP contribution is 2.26. The summed E-state index contributed by atoms with van der Waals surface area (Å²) < 4.78 is 28.6. The maximum atomic E-state index is 13.9. The molecule has 1 atom stereocenters. The van der Waals surface area contributed by atoms with Crippen LogP contribution in [0.5, 0.6) is 0 Å². The van der Waals surface area contributed by atoms with Crippen LogP contribution in [0.4, 0.5) is 5.69 Å². The van der Waals surface area contributed by atoms with Crippen molar-refractivity contribution in [3.63, 3.8) is 0 Å². The summed E-state index contributed by atoms with van der Waals surface area (Å²) in [5.74, 6) is -0.797. The average molecular weight is 589 g/mol. The van der Waals surface area contributed by atoms with Crippen molar-refractivity contribution in [2.45, 2.75) is 56.1 Å². The quantitative estimate of drug-likeness (QED) is 0.331. The summed E-state index contributed by atoms with van der Waals surface area (Å²) in [5, 5.41) is 3.95. The first-order chi connectivity index (χ1) is 18.6. The van der Waals surface area contributed by atoms with Crippen LogP contribution < -0.4 is 9.62 Å². The summed E-state index contributed by atoms with van der Waals surface area (Å²) in [6.07, 6.45) is 3.92. The molecule has 0 spiro atoms. The molecule has 0 heterocycles. The number of hydrogen-bond acceptors (Lipinski definition) is 4. The molecule has 4 rings (SSSR count). The summed E-state index contributed by atoms with van der Waals surface area (Å²) in [7, 11) is -4.14. The van der Waals surface area contributed by atoms with Gasteiger partial charge in [0.25, 0.3) is 10.0 Å². The van der Waals surface area contributed by atoms with Crippen LogP contribution in [0.1, 0.15) is 38.2 Å². The second kappa shape index (κ2) is 12.9. The van der Waals surface area contributed by atoms with Crippen LogP contribution in [0.2, 0.25) is 10.0 Å². The predicted octanol–water partition coefficient (Wildman–Crippen LogP) is 5.66. The molecule has 206 valence electrons. The fraction of sp³-hybridized carbons (Fsp3) is 0.310. The molecule has 0 radical (unpaired) electrons. The first-order valence-corrected chi connectivity index (χ1v) is 15.0. The number of nitrogens with zero attached hydrogens (tertiary/aromatic N) is 2. The molecule has 39 heavy (non-hydrogen) atoms. The second-order valence-corrected chi connectivity index (χ2v) is 12.4. The molecule has 1 N–H and O–H groups in total. The molecule has 1 fully saturated rings. The Balaban J connectivity index is 1.66. The van der Waals surface area contributed by atoms with Gasteiger partial charge in [-0.3, -0.25) is 13.9 Å². The summed E-state index contributed by atoms with van der Waals surface area (Å²) in [5.41, 5.74) is 1.05. The van der Waals surface area contributed by atoms with Gasteiger partial charge in [-0.25, -0.2) is 8.42 Å². The minimum Gasteiger partial charge on any atom is -0.352 e. The van der Waals surface area contributed by atoms with Gasteiger partial charge in [0.05, 0.1) is 10.6 Å². The lowest BCUT2D eigenvalue weighted by atomic mass is 10.1. The zero-order valence-electron chi connectivity index (χ0n) is 21.6. The van der Waals surface area contributed by atoms with Crippen molar-refractivity contribution in [2.75, 3.05) is 10.8 Å². The SMILES string of the molecule is CC(C(=O)NC1CCCC1)N(Cc1cccc(Cl)c1)C(=O)CN(c1ccccc1)S(=O)(=O)c1ccc(Cl)cc1. The third-order valence-corrected chi connectivity index (χ3v) is 9.11. The van der Waals surface area contributed by atoms with Crippen molar-refractivity contribution in [3.8, 4) is 0 Å². The van der Waals surface area contributed by atoms with Crippen molar-refractivity contribution < 1.29 is 18.0 Å². The third-order valence-electron chi connectivity index (χ3n) is 6.84. The van der Waals surface area contributed by atoms with Crippen molar-refractivity contribution in [1.82, 2.24) is 10.2 Å². The molecule has 0 aliphatic heterocycles. The fourth-order valence-corrected chi connectivity index (χ4v) is 6.42. The predicted molar refractivity (Wildman–Crippen MR) is 154 cm³/mol. The van der Waals surface area contributed by atoms with Gasteiger partial charge in [0.15, 0.2) is 0 Å². The lowest BCUT2D eigenvalue weighted by molar-refractivity contribution is -0.139. The van der Waals surface area contributed by atoms with E-state index in [1.807, 2.05) is 6.07 Å². The van der Waals surface area contributed by atoms with E-state index in [1.54, 1.807) is 55.5 Å². The minimum atomic E-state index is -4.14. The standard InChI is InChI=1S/C29H31Cl2N3O4S/c1-21(29(36)32-25-10-5-6-11-25)33(19-22-8-7-9-24(31)18-22)28(35)20-34(26-12-3-2-4-13-26)39(37,38)27-16-14-23(30)15-17-27/h2-4,7-9,12-18,21,25H,5-6,10-11,19-20H2,1H3,(H,32,36). The number of carbonyl (C=O) groups excluding carboxylic acids is 2. The molecular formula is C29H31Cl2N3O4S. The van der Waals surface area contributed by atoms with Gasteiger partial charge in [0.2, 0.25) is 11.8 Å². The Hall–Kier alpha value is -3.07. The monoisotopic (exact) mass is 587 g/mol. The molecule has 1 aliphatic carbocycles. The van der Waals surface area contributed by atoms with Crippen molar-refractivity contribution in [3.05, 3.63) is 94.5 Å². The number of halogens is 2. The highest BCUT2D eigenvalue weighted by Gasteiger charge is 2.33. The molecule has 0 saturated heterocycles. The van der Waals surface area contributed by atoms with Gasteiger partial charge in [0, 0.05) is 22.6 Å². The van der Waals surface area contributed by atoms with E-state index in [9.17, 15) is 18.0 Å². The lowest BCUT2D eigenvalue weighted by Gasteiger charge is -2.32. The molecule has 1 saturated carbocycles. The summed E-state index contributed by atoms with van der Waals surface area (Å²) in [6, 6.07) is 20.5. The molecule has 1 aliphatic rings. The molecule has 10 heteroatoms. The third kappa shape index (κ3) is 7.32. The average Bonchev–Trinajstić information content (AvgIpc) is 3.43. The van der Waals surface area contributed by atoms with Gasteiger partial charge in [-0.2, -0.15) is 0 Å². The van der Waals surface area contributed by atoms with Crippen LogP contribution in [-0.2, 0) is 26.2 Å². The summed E-state index contributed by atoms with van der Waals surface area (Å²) >= 11 is 12.2. The Morgan fingerprint density at radius 2 is 1.59 bits per heavy atom. The Kier molecular flexibility index (Phi) is 9.53. The Bertz CT molecular complexity index is 1400. The van der Waals surface area contributed by atoms with Crippen LogP contribution >= 0.6 is 23.2 Å². The van der Waals surface area contributed by atoms with Crippen LogP contribution in [0.15, 0.2) is 83.8 Å². The molecular weight excluding hydrogens is 557 g/mol. The number of nitrogens with one attached hydrogen (secondary N) is 1. The van der Waals surface area contributed by atoms with Gasteiger partial charge < -0.3 is 10.2 Å². The zero-order valence-corrected chi connectivity index (χ0v) is 23.9. The van der Waals surface area contributed by atoms with Gasteiger partial charge in [-0.1, -0.05) is 66.4 Å². The van der Waals surface area contributed by atoms with E-state index >= 15 is 0 Å². The number of hydrogen-bond donors (Lipinski definition) is 1. The van der Waals surface area contributed by atoms with Crippen molar-refractivity contribution >= 4 is 50.7 Å². The molecule has 3 aromatic carbocycles. The normalized spacial score (nSPS) is 14.5. The first kappa shape index (κ1) is 28.9. The van der Waals surface area contributed by atoms with Gasteiger partial charge in [-0.05, 0) is 73.9 Å². The molecule has 1 unspecified atom stereocenters. The Morgan fingerprint density at radius 1 is 0.923 bits per heavy atom. The molecule has 2 amide bonds. The van der Waals surface area contributed by atoms with E-state index in [2.05, 4.69) is 5.32 Å². The largest absolute Gasteiger partial charge is 0.352 e. The van der Waals surface area contributed by atoms with E-state index in [0.29, 0.717) is 15.7 Å². The number of amides is 2. The Morgan fingerprint density at radius 3 is 2.23 bits per heavy atom. The number of sulfonamides is 1. The maximum Gasteiger partial charge on any atom is 0.264 e. The highest BCUT2D eigenvalue weighted by atomic mass is 35.5. The first-order valence-electron chi connectivity index (χ1n) is 12.8. The maximum absolute atomic E-state index is 13.9. The number of anilines is 1. The van der Waals surface area contributed by atoms with Crippen LogP contribution in [0.3, 0.4) is 0 Å². The summed E-state index contributed by atoms with van der Waals surface area (Å²) in [4.78, 5) is 28.6. The summed E-state index contributed by atoms with van der Waals surface area (Å²) in [6.45, 7) is 1.24. The van der Waals surface area contributed by atoms with E-state index in [4.69, 9.17) is 23.2 Å². The van der Waals surface area contributed by atoms with E-state index in [-0.39, 0.29) is 23.4 Å². The molecule has 0 bridgehead atoms. The van der Waals surface area contributed by atoms with Crippen LogP contribution in [0.25, 0.3) is 0 Å². The van der Waals surface area contributed by atoms with Gasteiger partial charge in [0.1, 0.15) is 12.6 Å². The molecule has 3 aromatic rings. The second-order valence-electron chi connectivity index (χ2n) is 9.62. The Labute approximate surface area is 239 Å². The highest BCUT2D eigenvalue weighted by molar-refractivity contribution is 7.92. The van der Waals surface area contributed by atoms with E-state index < -0.39 is 28.5 Å². The topological polar surface area (TPSA) is 86.8 Å². The van der Waals surface area contributed by atoms with Gasteiger partial charge >= 0.3 is 0 Å². The lowest BCUT2D eigenvalue weighted by Crippen LogP contribution is -2.52.